The lowest BCUT2D eigenvalue weighted by atomic mass is 9.90. The maximum Gasteiger partial charge on any atom is 0.281 e. The molecular weight excluding hydrogens is 1040 g/mol. The van der Waals surface area contributed by atoms with Gasteiger partial charge in [-0.3, -0.25) is 37.9 Å². The number of piperidine rings is 1. The van der Waals surface area contributed by atoms with Crippen LogP contribution >= 0.6 is 23.2 Å². The third-order valence-electron chi connectivity index (χ3n) is 15.1. The summed E-state index contributed by atoms with van der Waals surface area (Å²) in [6.45, 7) is 5.97. The van der Waals surface area contributed by atoms with Crippen LogP contribution in [0.15, 0.2) is 84.0 Å². The minimum Gasteiger partial charge on any atom is -0.388 e. The number of hydrogen-bond acceptors (Lipinski definition) is 11. The van der Waals surface area contributed by atoms with Crippen molar-refractivity contribution in [3.8, 4) is 22.5 Å². The molecule has 4 amide bonds. The standard InChI is InChI=1S/C57H68Cl2N12O7/c1-37(39-10-5-3-6-11-39)30-48(75)68-27-20-57(78,21-28-68)35-70-36-63-53-54(56(70)77)66-67(2)55(53)40-16-14-38(15-17-40)32-60-22-9-23-61-46(73)12-7-4-8-13-47(74)62-24-29-71-26-19-45(65-71)41-31-43(58)51(59)52-50(41)42-33-69(49(76)34-72)25-18-44(42)64-52/h3,5-6,10-11,14-17,19,26,31,36-37,60,64,72,78H,4,7-9,12-13,18,20-25,27-30,32-35H2,1-2H3,(H,61,73)(H,62,74)/t37-/m1/s1. The second-order valence-electron chi connectivity index (χ2n) is 20.7. The van der Waals surface area contributed by atoms with E-state index in [1.807, 2.05) is 78.7 Å². The number of hydrogen-bond donors (Lipinski definition) is 6. The Balaban J connectivity index is 0.636. The number of likely N-dealkylation sites (tertiary alicyclic amines) is 1. The molecule has 6 N–H and O–H groups in total. The van der Waals surface area contributed by atoms with E-state index in [0.29, 0.717) is 137 Å². The molecule has 0 unspecified atom stereocenters. The maximum atomic E-state index is 13.7. The summed E-state index contributed by atoms with van der Waals surface area (Å²) in [5.74, 6) is -0.240. The van der Waals surface area contributed by atoms with Crippen LogP contribution in [0.2, 0.25) is 10.0 Å². The highest BCUT2D eigenvalue weighted by Crippen LogP contribution is 2.42. The van der Waals surface area contributed by atoms with Gasteiger partial charge >= 0.3 is 0 Å². The van der Waals surface area contributed by atoms with Gasteiger partial charge in [-0.15, -0.1) is 0 Å². The number of aromatic amines is 1. The van der Waals surface area contributed by atoms with E-state index in [9.17, 15) is 34.2 Å². The van der Waals surface area contributed by atoms with Crippen molar-refractivity contribution in [2.45, 2.75) is 109 Å². The Labute approximate surface area is 462 Å². The Morgan fingerprint density at radius 3 is 2.31 bits per heavy atom. The lowest BCUT2D eigenvalue weighted by Gasteiger charge is -2.38. The van der Waals surface area contributed by atoms with E-state index in [0.717, 1.165) is 57.4 Å². The predicted molar refractivity (Wildman–Crippen MR) is 300 cm³/mol. The number of aromatic nitrogens is 7. The normalized spacial score (nSPS) is 14.7. The molecule has 19 nitrogen and oxygen atoms in total. The molecule has 4 aromatic heterocycles. The first-order valence-electron chi connectivity index (χ1n) is 26.9. The molecule has 7 aromatic rings. The van der Waals surface area contributed by atoms with Gasteiger partial charge in [0, 0.05) is 113 Å². The quantitative estimate of drug-likeness (QED) is 0.0393. The van der Waals surface area contributed by atoms with Gasteiger partial charge in [-0.2, -0.15) is 10.2 Å². The minimum absolute atomic E-state index is 0.00574. The second kappa shape index (κ2) is 25.3. The monoisotopic (exact) mass is 1100 g/mol. The molecule has 1 atom stereocenters. The van der Waals surface area contributed by atoms with Gasteiger partial charge in [0.05, 0.1) is 52.0 Å². The second-order valence-corrected chi connectivity index (χ2v) is 21.5. The van der Waals surface area contributed by atoms with Crippen LogP contribution in [0.5, 0.6) is 0 Å². The van der Waals surface area contributed by atoms with E-state index < -0.39 is 12.2 Å². The molecule has 78 heavy (non-hydrogen) atoms. The van der Waals surface area contributed by atoms with Crippen LogP contribution in [-0.4, -0.2) is 129 Å². The molecule has 2 aliphatic heterocycles. The molecule has 9 rings (SSSR count). The number of benzene rings is 3. The fourth-order valence-electron chi connectivity index (χ4n) is 10.6. The highest BCUT2D eigenvalue weighted by atomic mass is 35.5. The van der Waals surface area contributed by atoms with E-state index in [2.05, 4.69) is 31.0 Å². The predicted octanol–water partition coefficient (Wildman–Crippen LogP) is 6.24. The lowest BCUT2D eigenvalue weighted by Crippen LogP contribution is -2.49. The SMILES string of the molecule is C[C@H](CC(=O)N1CCC(O)(Cn2cnc3c(-c4ccc(CNCCCNC(=O)CCCCCC(=O)NCCn5ccc(-c6cc(Cl)c(Cl)c7[nH]c8c(c67)CN(C(=O)CO)CC8)n5)cc4)n(C)nc3c2=O)CC1)c1ccccc1. The molecule has 1 saturated heterocycles. The number of H-pyrrole nitrogens is 1. The van der Waals surface area contributed by atoms with E-state index in [4.69, 9.17) is 28.3 Å². The number of aliphatic hydroxyl groups is 2. The third kappa shape index (κ3) is 13.2. The number of nitrogens with one attached hydrogen (secondary N) is 4. The smallest absolute Gasteiger partial charge is 0.281 e. The summed E-state index contributed by atoms with van der Waals surface area (Å²) in [4.78, 5) is 75.7. The number of rotatable bonds is 23. The van der Waals surface area contributed by atoms with Crippen LogP contribution in [0, 0.1) is 0 Å². The molecule has 2 aliphatic rings. The first-order chi connectivity index (χ1) is 37.7. The van der Waals surface area contributed by atoms with Gasteiger partial charge in [-0.05, 0) is 67.8 Å². The van der Waals surface area contributed by atoms with Crippen LogP contribution in [0.4, 0.5) is 0 Å². The highest BCUT2D eigenvalue weighted by molar-refractivity contribution is 6.45. The van der Waals surface area contributed by atoms with Gasteiger partial charge in [0.1, 0.15) is 12.1 Å². The van der Waals surface area contributed by atoms with Crippen molar-refractivity contribution in [2.75, 3.05) is 45.9 Å². The molecule has 0 radical (unpaired) electrons. The molecule has 1 fully saturated rings. The number of amides is 4. The van der Waals surface area contributed by atoms with Crippen molar-refractivity contribution < 1.29 is 29.4 Å². The average Bonchev–Trinajstić information content (AvgIpc) is 4.38. The molecular formula is C57H68Cl2N12O7. The third-order valence-corrected chi connectivity index (χ3v) is 15.9. The highest BCUT2D eigenvalue weighted by Gasteiger charge is 2.35. The van der Waals surface area contributed by atoms with Gasteiger partial charge in [0.2, 0.25) is 23.6 Å². The summed E-state index contributed by atoms with van der Waals surface area (Å²) >= 11 is 13.2. The summed E-state index contributed by atoms with van der Waals surface area (Å²) in [5.41, 5.74) is 7.04. The molecule has 412 valence electrons. The zero-order chi connectivity index (χ0) is 54.9. The lowest BCUT2D eigenvalue weighted by molar-refractivity contribution is -0.136. The molecule has 6 heterocycles. The number of carbonyl (C=O) groups is 4. The molecule has 0 spiro atoms. The zero-order valence-electron chi connectivity index (χ0n) is 44.2. The minimum atomic E-state index is -1.16. The Morgan fingerprint density at radius 1 is 0.846 bits per heavy atom. The van der Waals surface area contributed by atoms with Crippen molar-refractivity contribution >= 4 is 68.8 Å². The Hall–Kier alpha value is -6.90. The van der Waals surface area contributed by atoms with E-state index in [1.54, 1.807) is 27.4 Å². The number of aliphatic hydroxyl groups excluding tert-OH is 1. The van der Waals surface area contributed by atoms with E-state index in [1.165, 1.54) is 10.9 Å². The van der Waals surface area contributed by atoms with Crippen molar-refractivity contribution in [3.05, 3.63) is 122 Å². The first-order valence-corrected chi connectivity index (χ1v) is 27.7. The van der Waals surface area contributed by atoms with Crippen molar-refractivity contribution in [1.29, 1.82) is 0 Å². The van der Waals surface area contributed by atoms with Crippen LogP contribution in [0.25, 0.3) is 44.5 Å². The van der Waals surface area contributed by atoms with E-state index in [-0.39, 0.29) is 47.2 Å². The number of nitrogens with zero attached hydrogens (tertiary/aromatic N) is 8. The van der Waals surface area contributed by atoms with Crippen LogP contribution in [-0.2, 0) is 58.8 Å². The molecule has 3 aromatic carbocycles. The largest absolute Gasteiger partial charge is 0.388 e. The molecule has 0 aliphatic carbocycles. The fraction of sp³-hybridized carbons (Fsp3) is 0.439. The summed E-state index contributed by atoms with van der Waals surface area (Å²) < 4.78 is 4.85. The summed E-state index contributed by atoms with van der Waals surface area (Å²) in [6.07, 6.45) is 8.69. The van der Waals surface area contributed by atoms with Gasteiger partial charge in [0.25, 0.3) is 5.56 Å². The van der Waals surface area contributed by atoms with Crippen LogP contribution in [0.3, 0.4) is 0 Å². The van der Waals surface area contributed by atoms with Crippen molar-refractivity contribution in [2.24, 2.45) is 7.05 Å². The molecule has 0 bridgehead atoms. The van der Waals surface area contributed by atoms with Gasteiger partial charge in [-0.25, -0.2) is 4.98 Å². The Kier molecular flexibility index (Phi) is 18.1. The number of unbranched alkanes of at least 4 members (excludes halogenated alkanes) is 2. The zero-order valence-corrected chi connectivity index (χ0v) is 45.7. The summed E-state index contributed by atoms with van der Waals surface area (Å²) in [5, 5.41) is 41.3. The summed E-state index contributed by atoms with van der Waals surface area (Å²) in [7, 11) is 1.79. The van der Waals surface area contributed by atoms with E-state index >= 15 is 0 Å². The average molecular weight is 1100 g/mol. The molecule has 0 saturated carbocycles. The Morgan fingerprint density at radius 2 is 1.58 bits per heavy atom. The Bertz CT molecular complexity index is 3330. The number of carbonyl (C=O) groups excluding carboxylic acids is 4. The van der Waals surface area contributed by atoms with Gasteiger partial charge < -0.3 is 40.9 Å². The first kappa shape index (κ1) is 55.8. The number of aryl methyl sites for hydroxylation is 1. The number of fused-ring (bicyclic) bond motifs is 4. The fourth-order valence-corrected chi connectivity index (χ4v) is 11.0. The maximum absolute atomic E-state index is 13.7. The molecule has 21 heteroatoms. The van der Waals surface area contributed by atoms with Crippen LogP contribution < -0.4 is 21.5 Å². The van der Waals surface area contributed by atoms with Crippen molar-refractivity contribution in [3.63, 3.8) is 0 Å². The van der Waals surface area contributed by atoms with Crippen molar-refractivity contribution in [1.82, 2.24) is 59.8 Å². The van der Waals surface area contributed by atoms with Gasteiger partial charge in [-0.1, -0.05) is 91.1 Å². The summed E-state index contributed by atoms with van der Waals surface area (Å²) in [6, 6.07) is 21.7. The van der Waals surface area contributed by atoms with Crippen LogP contribution in [0.1, 0.15) is 93.0 Å². The van der Waals surface area contributed by atoms with Gasteiger partial charge in [0.15, 0.2) is 5.52 Å². The number of halogens is 2. The topological polar surface area (TPSA) is 238 Å².